The number of hydrogen-bond acceptors (Lipinski definition) is 8. The lowest BCUT2D eigenvalue weighted by atomic mass is 10.5. The molecule has 0 unspecified atom stereocenters. The molecule has 0 aliphatic carbocycles. The van der Waals surface area contributed by atoms with Gasteiger partial charge in [-0.25, -0.2) is 0 Å². The molecule has 4 heterocycles. The van der Waals surface area contributed by atoms with Crippen molar-refractivity contribution < 1.29 is 0 Å². The van der Waals surface area contributed by atoms with Gasteiger partial charge in [-0.1, -0.05) is 5.21 Å². The van der Waals surface area contributed by atoms with Gasteiger partial charge in [0.15, 0.2) is 0 Å². The fourth-order valence-electron chi connectivity index (χ4n) is 1.56. The molecule has 9 nitrogen and oxygen atoms in total. The van der Waals surface area contributed by atoms with Gasteiger partial charge in [0.1, 0.15) is 0 Å². The van der Waals surface area contributed by atoms with E-state index >= 15 is 0 Å². The molecular weight excluding hydrogens is 318 g/mol. The third-order valence-electron chi connectivity index (χ3n) is 2.81. The maximum atomic E-state index is 3.73. The Morgan fingerprint density at radius 3 is 1.20 bits per heavy atom. The first-order valence-corrected chi connectivity index (χ1v) is 7.93. The third kappa shape index (κ3) is 10.5. The summed E-state index contributed by atoms with van der Waals surface area (Å²) in [6, 6.07) is 0. The summed E-state index contributed by atoms with van der Waals surface area (Å²) in [5.74, 6) is 0. The van der Waals surface area contributed by atoms with Gasteiger partial charge in [-0.2, -0.15) is 30.7 Å². The summed E-state index contributed by atoms with van der Waals surface area (Å²) in [4.78, 5) is 0. The van der Waals surface area contributed by atoms with Crippen molar-refractivity contribution in [3.63, 3.8) is 0 Å². The summed E-state index contributed by atoms with van der Waals surface area (Å²) in [5.41, 5.74) is 4.07. The standard InChI is InChI=1S/C4H7N3.3C4H6N2/c1-4-3-7(2)6-5-4;3*1-4-2-3-5-6-4/h3H,1-2H3;3*2H,3H2,1H3. The van der Waals surface area contributed by atoms with Crippen molar-refractivity contribution in [2.24, 2.45) is 37.7 Å². The fourth-order valence-corrected chi connectivity index (χ4v) is 1.56. The third-order valence-corrected chi connectivity index (χ3v) is 2.81. The van der Waals surface area contributed by atoms with Crippen LogP contribution >= 0.6 is 0 Å². The van der Waals surface area contributed by atoms with Crippen LogP contribution in [0.1, 0.15) is 26.5 Å². The number of aromatic nitrogens is 3. The van der Waals surface area contributed by atoms with Crippen LogP contribution in [0.25, 0.3) is 0 Å². The van der Waals surface area contributed by atoms with Crippen molar-refractivity contribution in [1.82, 2.24) is 15.0 Å². The van der Waals surface area contributed by atoms with E-state index in [0.717, 1.165) is 42.4 Å². The zero-order chi connectivity index (χ0) is 18.5. The second kappa shape index (κ2) is 11.7. The number of nitrogens with zero attached hydrogens (tertiary/aromatic N) is 9. The van der Waals surface area contributed by atoms with Crippen LogP contribution in [0.2, 0.25) is 0 Å². The zero-order valence-corrected chi connectivity index (χ0v) is 15.5. The maximum Gasteiger partial charge on any atom is 0.0805 e. The Bertz CT molecular complexity index is 614. The summed E-state index contributed by atoms with van der Waals surface area (Å²) in [6.07, 6.45) is 7.82. The average molecular weight is 343 g/mol. The van der Waals surface area contributed by atoms with Crippen molar-refractivity contribution in [3.8, 4) is 0 Å². The van der Waals surface area contributed by atoms with E-state index in [4.69, 9.17) is 0 Å². The predicted molar refractivity (Wildman–Crippen MR) is 96.2 cm³/mol. The van der Waals surface area contributed by atoms with Crippen LogP contribution in [0.15, 0.2) is 72.2 Å². The molecule has 134 valence electrons. The number of rotatable bonds is 0. The summed E-state index contributed by atoms with van der Waals surface area (Å²) >= 11 is 0. The van der Waals surface area contributed by atoms with Crippen LogP contribution in [-0.2, 0) is 7.05 Å². The molecule has 0 aromatic carbocycles. The molecule has 0 saturated carbocycles. The first-order chi connectivity index (χ1) is 12.0. The number of azo groups is 3. The highest BCUT2D eigenvalue weighted by Gasteiger charge is 1.88. The predicted octanol–water partition coefficient (Wildman–Crippen LogP) is 4.19. The number of allylic oxidation sites excluding steroid dienone is 3. The topological polar surface area (TPSA) is 105 Å². The van der Waals surface area contributed by atoms with Gasteiger partial charge in [0.25, 0.3) is 0 Å². The molecule has 25 heavy (non-hydrogen) atoms. The Labute approximate surface area is 148 Å². The lowest BCUT2D eigenvalue weighted by Crippen LogP contribution is -1.85. The molecule has 3 aliphatic rings. The second-order valence-electron chi connectivity index (χ2n) is 5.34. The minimum atomic E-state index is 0.784. The fraction of sp³-hybridized carbons (Fsp3) is 0.500. The minimum absolute atomic E-state index is 0.784. The molecule has 0 amide bonds. The summed E-state index contributed by atoms with van der Waals surface area (Å²) in [7, 11) is 1.85. The quantitative estimate of drug-likeness (QED) is 0.704. The van der Waals surface area contributed by atoms with Crippen LogP contribution in [0, 0.1) is 6.92 Å². The monoisotopic (exact) mass is 343 g/mol. The Balaban J connectivity index is 0.000000167. The van der Waals surface area contributed by atoms with Crippen molar-refractivity contribution >= 4 is 0 Å². The van der Waals surface area contributed by atoms with Gasteiger partial charge in [-0.05, 0) is 45.9 Å². The van der Waals surface area contributed by atoms with Crippen LogP contribution in [-0.4, -0.2) is 34.6 Å². The van der Waals surface area contributed by atoms with E-state index < -0.39 is 0 Å². The smallest absolute Gasteiger partial charge is 0.0805 e. The van der Waals surface area contributed by atoms with Crippen molar-refractivity contribution in [1.29, 1.82) is 0 Å². The largest absolute Gasteiger partial charge is 0.255 e. The summed E-state index contributed by atoms with van der Waals surface area (Å²) < 4.78 is 1.68. The van der Waals surface area contributed by atoms with Crippen LogP contribution in [0.3, 0.4) is 0 Å². The molecule has 0 saturated heterocycles. The highest BCUT2D eigenvalue weighted by molar-refractivity contribution is 5.00. The van der Waals surface area contributed by atoms with Crippen LogP contribution in [0.5, 0.6) is 0 Å². The zero-order valence-electron chi connectivity index (χ0n) is 15.5. The number of aryl methyl sites for hydroxylation is 2. The normalized spacial score (nSPS) is 16.0. The van der Waals surface area contributed by atoms with Crippen molar-refractivity contribution in [3.05, 3.63) is 47.2 Å². The Kier molecular flexibility index (Phi) is 9.42. The van der Waals surface area contributed by atoms with Gasteiger partial charge < -0.3 is 0 Å². The summed E-state index contributed by atoms with van der Waals surface area (Å²) in [5, 5.41) is 29.7. The highest BCUT2D eigenvalue weighted by atomic mass is 15.4. The lowest BCUT2D eigenvalue weighted by Gasteiger charge is -1.75. The highest BCUT2D eigenvalue weighted by Crippen LogP contribution is 2.02. The van der Waals surface area contributed by atoms with Gasteiger partial charge in [-0.3, -0.25) is 4.68 Å². The SMILES string of the molecule is CC1=CCN=N1.CC1=CCN=N1.CC1=CCN=N1.Cc1cn(C)nn1. The average Bonchev–Trinajstić information content (AvgIpc) is 3.34. The Morgan fingerprint density at radius 1 is 0.720 bits per heavy atom. The Morgan fingerprint density at radius 2 is 1.12 bits per heavy atom. The number of hydrogen-bond donors (Lipinski definition) is 0. The van der Waals surface area contributed by atoms with Gasteiger partial charge in [-0.15, -0.1) is 5.10 Å². The van der Waals surface area contributed by atoms with Crippen molar-refractivity contribution in [2.75, 3.05) is 19.6 Å². The van der Waals surface area contributed by atoms with Gasteiger partial charge in [0, 0.05) is 13.2 Å². The molecule has 1 aromatic heterocycles. The molecule has 0 atom stereocenters. The first-order valence-electron chi connectivity index (χ1n) is 7.93. The van der Waals surface area contributed by atoms with Crippen LogP contribution < -0.4 is 0 Å². The molecule has 0 N–H and O–H groups in total. The maximum absolute atomic E-state index is 3.73. The molecule has 3 aliphatic heterocycles. The van der Waals surface area contributed by atoms with Gasteiger partial charge in [0.05, 0.1) is 42.4 Å². The lowest BCUT2D eigenvalue weighted by molar-refractivity contribution is 0.714. The van der Waals surface area contributed by atoms with E-state index in [1.807, 2.05) is 59.2 Å². The summed E-state index contributed by atoms with van der Waals surface area (Å²) in [6.45, 7) is 10.1. The van der Waals surface area contributed by atoms with E-state index in [2.05, 4.69) is 41.0 Å². The molecule has 0 bridgehead atoms. The van der Waals surface area contributed by atoms with Crippen LogP contribution in [0.4, 0.5) is 0 Å². The molecule has 0 radical (unpaired) electrons. The molecule has 0 spiro atoms. The van der Waals surface area contributed by atoms with Gasteiger partial charge >= 0.3 is 0 Å². The van der Waals surface area contributed by atoms with E-state index in [0.29, 0.717) is 0 Å². The molecular formula is C16H25N9. The second-order valence-corrected chi connectivity index (χ2v) is 5.34. The van der Waals surface area contributed by atoms with E-state index in [1.54, 1.807) is 4.68 Å². The first kappa shape index (κ1) is 20.2. The molecule has 1 aromatic rings. The molecule has 0 fully saturated rings. The van der Waals surface area contributed by atoms with E-state index in [1.165, 1.54) is 0 Å². The molecule has 9 heteroatoms. The minimum Gasteiger partial charge on any atom is -0.255 e. The van der Waals surface area contributed by atoms with E-state index in [-0.39, 0.29) is 0 Å². The van der Waals surface area contributed by atoms with Gasteiger partial charge in [0.2, 0.25) is 0 Å². The van der Waals surface area contributed by atoms with E-state index in [9.17, 15) is 0 Å². The molecule has 4 rings (SSSR count). The Hall–Kier alpha value is -2.84. The van der Waals surface area contributed by atoms with Crippen molar-refractivity contribution in [2.45, 2.75) is 27.7 Å².